The molecule has 0 aliphatic heterocycles. The van der Waals surface area contributed by atoms with Crippen LogP contribution in [0.3, 0.4) is 0 Å². The number of hydrogen-bond acceptors (Lipinski definition) is 3. The van der Waals surface area contributed by atoms with Gasteiger partial charge in [0.1, 0.15) is 11.6 Å². The predicted molar refractivity (Wildman–Crippen MR) is 61.6 cm³/mol. The third-order valence-corrected chi connectivity index (χ3v) is 1.95. The molecule has 2 N–H and O–H groups in total. The van der Waals surface area contributed by atoms with Crippen molar-refractivity contribution in [3.8, 4) is 5.75 Å². The molecule has 0 radical (unpaired) electrons. The number of nitrogens with two attached hydrogens (primary N) is 1. The molecular formula is C12H16FNO2. The maximum absolute atomic E-state index is 13.5. The number of hydrogen-bond donors (Lipinski definition) is 1. The highest BCUT2D eigenvalue weighted by Gasteiger charge is 2.01. The molecular weight excluding hydrogens is 209 g/mol. The van der Waals surface area contributed by atoms with Gasteiger partial charge in [-0.3, -0.25) is 0 Å². The molecule has 0 aliphatic carbocycles. The molecule has 0 unspecified atom stereocenters. The SMILES string of the molecule is COCOc1ccc(C=CCCN)c(F)c1. The van der Waals surface area contributed by atoms with Gasteiger partial charge in [0.2, 0.25) is 0 Å². The lowest BCUT2D eigenvalue weighted by molar-refractivity contribution is 0.0509. The first-order valence-corrected chi connectivity index (χ1v) is 5.06. The van der Waals surface area contributed by atoms with Crippen LogP contribution in [0.4, 0.5) is 4.39 Å². The summed E-state index contributed by atoms with van der Waals surface area (Å²) in [6.45, 7) is 0.676. The molecule has 0 atom stereocenters. The summed E-state index contributed by atoms with van der Waals surface area (Å²) in [6.07, 6.45) is 4.29. The van der Waals surface area contributed by atoms with Crippen molar-refractivity contribution in [2.24, 2.45) is 5.73 Å². The van der Waals surface area contributed by atoms with E-state index in [4.69, 9.17) is 15.2 Å². The van der Waals surface area contributed by atoms with E-state index in [0.29, 0.717) is 17.9 Å². The summed E-state index contributed by atoms with van der Waals surface area (Å²) in [5, 5.41) is 0. The highest BCUT2D eigenvalue weighted by molar-refractivity contribution is 5.51. The zero-order chi connectivity index (χ0) is 11.8. The lowest BCUT2D eigenvalue weighted by atomic mass is 10.2. The minimum atomic E-state index is -0.318. The first kappa shape index (κ1) is 12.7. The van der Waals surface area contributed by atoms with Crippen molar-refractivity contribution in [2.45, 2.75) is 6.42 Å². The van der Waals surface area contributed by atoms with Crippen molar-refractivity contribution in [2.75, 3.05) is 20.4 Å². The van der Waals surface area contributed by atoms with Gasteiger partial charge in [-0.25, -0.2) is 4.39 Å². The molecule has 0 spiro atoms. The average molecular weight is 225 g/mol. The summed E-state index contributed by atoms with van der Waals surface area (Å²) in [6, 6.07) is 4.69. The van der Waals surface area contributed by atoms with E-state index >= 15 is 0 Å². The molecule has 0 heterocycles. The molecule has 4 heteroatoms. The van der Waals surface area contributed by atoms with Crippen LogP contribution in [0.5, 0.6) is 5.75 Å². The minimum Gasteiger partial charge on any atom is -0.467 e. The minimum absolute atomic E-state index is 0.113. The molecule has 0 aromatic heterocycles. The van der Waals surface area contributed by atoms with Gasteiger partial charge in [0.15, 0.2) is 6.79 Å². The Bertz CT molecular complexity index is 353. The van der Waals surface area contributed by atoms with Crippen molar-refractivity contribution in [1.82, 2.24) is 0 Å². The zero-order valence-electron chi connectivity index (χ0n) is 9.28. The molecule has 16 heavy (non-hydrogen) atoms. The molecule has 3 nitrogen and oxygen atoms in total. The van der Waals surface area contributed by atoms with E-state index in [0.717, 1.165) is 6.42 Å². The highest BCUT2D eigenvalue weighted by Crippen LogP contribution is 2.17. The number of halogens is 1. The van der Waals surface area contributed by atoms with Crippen LogP contribution >= 0.6 is 0 Å². The summed E-state index contributed by atoms with van der Waals surface area (Å²) >= 11 is 0. The van der Waals surface area contributed by atoms with Crippen LogP contribution < -0.4 is 10.5 Å². The molecule has 0 saturated carbocycles. The molecule has 0 fully saturated rings. The van der Waals surface area contributed by atoms with Crippen LogP contribution in [-0.4, -0.2) is 20.4 Å². The van der Waals surface area contributed by atoms with Crippen LogP contribution in [0.15, 0.2) is 24.3 Å². The van der Waals surface area contributed by atoms with E-state index in [2.05, 4.69) is 0 Å². The van der Waals surface area contributed by atoms with Gasteiger partial charge in [-0.2, -0.15) is 0 Å². The van der Waals surface area contributed by atoms with Crippen LogP contribution in [0, 0.1) is 5.82 Å². The number of rotatable bonds is 6. The largest absolute Gasteiger partial charge is 0.467 e. The van der Waals surface area contributed by atoms with E-state index in [1.165, 1.54) is 13.2 Å². The second kappa shape index (κ2) is 6.98. The van der Waals surface area contributed by atoms with E-state index in [1.807, 2.05) is 6.08 Å². The fourth-order valence-electron chi connectivity index (χ4n) is 1.17. The molecule has 88 valence electrons. The second-order valence-corrected chi connectivity index (χ2v) is 3.21. The Kier molecular flexibility index (Phi) is 5.53. The summed E-state index contributed by atoms with van der Waals surface area (Å²) in [7, 11) is 1.51. The number of benzene rings is 1. The topological polar surface area (TPSA) is 44.5 Å². The second-order valence-electron chi connectivity index (χ2n) is 3.21. The Balaban J connectivity index is 2.67. The molecule has 1 rings (SSSR count). The predicted octanol–water partition coefficient (Wildman–Crippen LogP) is 2.17. The standard InChI is InChI=1S/C12H16FNO2/c1-15-9-16-11-6-5-10(12(13)8-11)4-2-3-7-14/h2,4-6,8H,3,7,9,14H2,1H3. The molecule has 0 aliphatic rings. The van der Waals surface area contributed by atoms with Gasteiger partial charge in [0, 0.05) is 18.7 Å². The molecule has 0 saturated heterocycles. The highest BCUT2D eigenvalue weighted by atomic mass is 19.1. The van der Waals surface area contributed by atoms with Gasteiger partial charge >= 0.3 is 0 Å². The van der Waals surface area contributed by atoms with E-state index < -0.39 is 0 Å². The number of methoxy groups -OCH3 is 1. The maximum Gasteiger partial charge on any atom is 0.188 e. The average Bonchev–Trinajstić information content (AvgIpc) is 2.29. The summed E-state index contributed by atoms with van der Waals surface area (Å²) in [4.78, 5) is 0. The summed E-state index contributed by atoms with van der Waals surface area (Å²) in [5.41, 5.74) is 5.86. The summed E-state index contributed by atoms with van der Waals surface area (Å²) in [5.74, 6) is 0.136. The Morgan fingerprint density at radius 3 is 2.88 bits per heavy atom. The fraction of sp³-hybridized carbons (Fsp3) is 0.333. The van der Waals surface area contributed by atoms with Gasteiger partial charge in [0.05, 0.1) is 0 Å². The van der Waals surface area contributed by atoms with Crippen molar-refractivity contribution < 1.29 is 13.9 Å². The van der Waals surface area contributed by atoms with Gasteiger partial charge in [0.25, 0.3) is 0 Å². The normalized spacial score (nSPS) is 10.9. The van der Waals surface area contributed by atoms with Gasteiger partial charge in [-0.05, 0) is 25.1 Å². The smallest absolute Gasteiger partial charge is 0.188 e. The Labute approximate surface area is 94.7 Å². The maximum atomic E-state index is 13.5. The van der Waals surface area contributed by atoms with Crippen molar-refractivity contribution in [3.05, 3.63) is 35.7 Å². The molecule has 0 bridgehead atoms. The van der Waals surface area contributed by atoms with Gasteiger partial charge in [-0.1, -0.05) is 12.2 Å². The molecule has 0 amide bonds. The zero-order valence-corrected chi connectivity index (χ0v) is 9.28. The van der Waals surface area contributed by atoms with Crippen LogP contribution in [-0.2, 0) is 4.74 Å². The Morgan fingerprint density at radius 1 is 1.44 bits per heavy atom. The van der Waals surface area contributed by atoms with E-state index in [1.54, 1.807) is 18.2 Å². The van der Waals surface area contributed by atoms with Crippen LogP contribution in [0.2, 0.25) is 0 Å². The molecule has 1 aromatic rings. The molecule has 1 aromatic carbocycles. The van der Waals surface area contributed by atoms with Crippen molar-refractivity contribution >= 4 is 6.08 Å². The van der Waals surface area contributed by atoms with E-state index in [9.17, 15) is 4.39 Å². The first-order valence-electron chi connectivity index (χ1n) is 5.06. The Hall–Kier alpha value is -1.39. The van der Waals surface area contributed by atoms with Crippen LogP contribution in [0.1, 0.15) is 12.0 Å². The van der Waals surface area contributed by atoms with Gasteiger partial charge in [-0.15, -0.1) is 0 Å². The first-order chi connectivity index (χ1) is 7.77. The lowest BCUT2D eigenvalue weighted by Crippen LogP contribution is -1.99. The third-order valence-electron chi connectivity index (χ3n) is 1.95. The van der Waals surface area contributed by atoms with Gasteiger partial charge < -0.3 is 15.2 Å². The lowest BCUT2D eigenvalue weighted by Gasteiger charge is -2.05. The van der Waals surface area contributed by atoms with Crippen LogP contribution in [0.25, 0.3) is 6.08 Å². The van der Waals surface area contributed by atoms with Crippen molar-refractivity contribution in [3.63, 3.8) is 0 Å². The third kappa shape index (κ3) is 4.00. The fourth-order valence-corrected chi connectivity index (χ4v) is 1.17. The number of ether oxygens (including phenoxy) is 2. The monoisotopic (exact) mass is 225 g/mol. The quantitative estimate of drug-likeness (QED) is 0.754. The summed E-state index contributed by atoms with van der Waals surface area (Å²) < 4.78 is 23.3. The van der Waals surface area contributed by atoms with Crippen molar-refractivity contribution in [1.29, 1.82) is 0 Å². The van der Waals surface area contributed by atoms with E-state index in [-0.39, 0.29) is 12.6 Å². The Morgan fingerprint density at radius 2 is 2.25 bits per heavy atom.